The average molecular weight is 530 g/mol. The van der Waals surface area contributed by atoms with Gasteiger partial charge in [0.05, 0.1) is 0 Å². The average Bonchev–Trinajstić information content (AvgIpc) is 3.03. The number of carbonyl (C=O) groups is 1. The van der Waals surface area contributed by atoms with Crippen molar-refractivity contribution < 1.29 is 4.79 Å². The molecular weight excluding hydrogens is 490 g/mol. The summed E-state index contributed by atoms with van der Waals surface area (Å²) in [5.74, 6) is 0.154. The van der Waals surface area contributed by atoms with Gasteiger partial charge in [0.25, 0.3) is 5.91 Å². The third-order valence-electron chi connectivity index (χ3n) is 9.03. The fourth-order valence-corrected chi connectivity index (χ4v) is 6.63. The second-order valence-electron chi connectivity index (χ2n) is 11.5. The van der Waals surface area contributed by atoms with Gasteiger partial charge in [-0.05, 0) is 74.1 Å². The molecule has 4 nitrogen and oxygen atoms in total. The maximum atomic E-state index is 13.7. The Balaban J connectivity index is 1.11. The minimum atomic E-state index is 0.130. The molecule has 0 aliphatic carbocycles. The molecule has 0 radical (unpaired) electrons. The molecule has 0 atom stereocenters. The maximum absolute atomic E-state index is 13.7. The van der Waals surface area contributed by atoms with Gasteiger partial charge in [-0.3, -0.25) is 9.69 Å². The molecule has 0 N–H and O–H groups in total. The molecule has 4 aromatic rings. The minimum Gasteiger partial charge on any atom is -0.338 e. The summed E-state index contributed by atoms with van der Waals surface area (Å²) in [6, 6.07) is 40.4. The number of likely N-dealkylation sites (tertiary alicyclic amines) is 2. The van der Waals surface area contributed by atoms with Crippen molar-refractivity contribution in [2.24, 2.45) is 0 Å². The Hall–Kier alpha value is -3.89. The summed E-state index contributed by atoms with van der Waals surface area (Å²) in [6.07, 6.45) is 4.29. The van der Waals surface area contributed by atoms with Gasteiger partial charge < -0.3 is 9.80 Å². The Kier molecular flexibility index (Phi) is 7.70. The zero-order valence-corrected chi connectivity index (χ0v) is 23.5. The van der Waals surface area contributed by atoms with Gasteiger partial charge >= 0.3 is 0 Å². The number of piperidine rings is 2. The van der Waals surface area contributed by atoms with Gasteiger partial charge in [0, 0.05) is 54.7 Å². The highest BCUT2D eigenvalue weighted by Crippen LogP contribution is 2.36. The molecule has 2 heterocycles. The van der Waals surface area contributed by atoms with Crippen molar-refractivity contribution in [2.75, 3.05) is 31.1 Å². The molecule has 1 amide bonds. The lowest BCUT2D eigenvalue weighted by Crippen LogP contribution is -2.57. The zero-order valence-electron chi connectivity index (χ0n) is 23.5. The number of nitrogens with zero attached hydrogens (tertiary/aromatic N) is 3. The monoisotopic (exact) mass is 529 g/mol. The molecule has 0 aromatic heterocycles. The van der Waals surface area contributed by atoms with Gasteiger partial charge in [0.2, 0.25) is 0 Å². The Bertz CT molecular complexity index is 1350. The van der Waals surface area contributed by atoms with Crippen LogP contribution in [0.4, 0.5) is 11.4 Å². The van der Waals surface area contributed by atoms with Crippen LogP contribution in [-0.4, -0.2) is 53.5 Å². The molecule has 2 aliphatic rings. The fourth-order valence-electron chi connectivity index (χ4n) is 6.63. The van der Waals surface area contributed by atoms with Crippen LogP contribution >= 0.6 is 0 Å². The molecule has 2 saturated heterocycles. The molecule has 6 rings (SSSR count). The largest absolute Gasteiger partial charge is 0.338 e. The molecule has 0 saturated carbocycles. The van der Waals surface area contributed by atoms with E-state index in [1.54, 1.807) is 0 Å². The lowest BCUT2D eigenvalue weighted by atomic mass is 9.85. The first-order valence-corrected chi connectivity index (χ1v) is 14.7. The first-order chi connectivity index (χ1) is 19.6. The fraction of sp³-hybridized carbons (Fsp3) is 0.306. The van der Waals surface area contributed by atoms with Crippen LogP contribution in [0.25, 0.3) is 11.1 Å². The lowest BCUT2D eigenvalue weighted by molar-refractivity contribution is 0.0177. The third kappa shape index (κ3) is 5.41. The van der Waals surface area contributed by atoms with Crippen molar-refractivity contribution in [3.8, 4) is 11.1 Å². The van der Waals surface area contributed by atoms with Crippen LogP contribution in [-0.2, 0) is 0 Å². The quantitative estimate of drug-likeness (QED) is 0.257. The van der Waals surface area contributed by atoms with Crippen LogP contribution in [0.2, 0.25) is 0 Å². The Morgan fingerprint density at radius 2 is 1.18 bits per heavy atom. The molecule has 0 unspecified atom stereocenters. The molecule has 2 fully saturated rings. The van der Waals surface area contributed by atoms with E-state index in [4.69, 9.17) is 0 Å². The highest BCUT2D eigenvalue weighted by atomic mass is 16.2. The highest BCUT2D eigenvalue weighted by Gasteiger charge is 2.39. The molecule has 204 valence electrons. The van der Waals surface area contributed by atoms with Gasteiger partial charge in [0.1, 0.15) is 0 Å². The van der Waals surface area contributed by atoms with Gasteiger partial charge in [0.15, 0.2) is 0 Å². The Morgan fingerprint density at radius 3 is 1.75 bits per heavy atom. The molecule has 0 bridgehead atoms. The van der Waals surface area contributed by atoms with Crippen LogP contribution in [0.15, 0.2) is 115 Å². The molecule has 2 aliphatic heterocycles. The predicted molar refractivity (Wildman–Crippen MR) is 165 cm³/mol. The summed E-state index contributed by atoms with van der Waals surface area (Å²) in [5.41, 5.74) is 5.58. The van der Waals surface area contributed by atoms with Crippen molar-refractivity contribution in [2.45, 2.75) is 44.2 Å². The first-order valence-electron chi connectivity index (χ1n) is 14.7. The van der Waals surface area contributed by atoms with E-state index in [9.17, 15) is 4.79 Å². The van der Waals surface area contributed by atoms with E-state index in [0.29, 0.717) is 6.04 Å². The second kappa shape index (κ2) is 11.7. The molecule has 0 spiro atoms. The number of para-hydroxylation sites is 2. The number of carbonyl (C=O) groups excluding carboxylic acids is 1. The second-order valence-corrected chi connectivity index (χ2v) is 11.5. The summed E-state index contributed by atoms with van der Waals surface area (Å²) in [7, 11) is 0. The summed E-state index contributed by atoms with van der Waals surface area (Å²) >= 11 is 0. The van der Waals surface area contributed by atoms with Crippen LogP contribution in [0.1, 0.15) is 43.0 Å². The smallest absolute Gasteiger partial charge is 0.254 e. The summed E-state index contributed by atoms with van der Waals surface area (Å²) in [4.78, 5) is 21.0. The van der Waals surface area contributed by atoms with Crippen LogP contribution in [0.5, 0.6) is 0 Å². The van der Waals surface area contributed by atoms with E-state index < -0.39 is 0 Å². The summed E-state index contributed by atoms with van der Waals surface area (Å²) in [6.45, 7) is 6.19. The van der Waals surface area contributed by atoms with E-state index in [1.807, 2.05) is 36.4 Å². The molecule has 40 heavy (non-hydrogen) atoms. The number of amides is 1. The van der Waals surface area contributed by atoms with Crippen molar-refractivity contribution >= 4 is 17.3 Å². The van der Waals surface area contributed by atoms with Crippen LogP contribution in [0, 0.1) is 0 Å². The van der Waals surface area contributed by atoms with Crippen molar-refractivity contribution in [3.05, 3.63) is 121 Å². The van der Waals surface area contributed by atoms with Crippen molar-refractivity contribution in [3.63, 3.8) is 0 Å². The maximum Gasteiger partial charge on any atom is 0.254 e. The Labute approximate surface area is 238 Å². The van der Waals surface area contributed by atoms with Gasteiger partial charge in [-0.25, -0.2) is 0 Å². The number of hydrogen-bond acceptors (Lipinski definition) is 3. The van der Waals surface area contributed by atoms with Crippen molar-refractivity contribution in [1.82, 2.24) is 9.80 Å². The minimum absolute atomic E-state index is 0.130. The van der Waals surface area contributed by atoms with Crippen molar-refractivity contribution in [1.29, 1.82) is 0 Å². The van der Waals surface area contributed by atoms with Crippen LogP contribution < -0.4 is 4.90 Å². The van der Waals surface area contributed by atoms with E-state index in [2.05, 4.69) is 100 Å². The zero-order chi connectivity index (χ0) is 27.4. The number of hydrogen-bond donors (Lipinski definition) is 0. The molecule has 4 aromatic carbocycles. The molecule has 4 heteroatoms. The van der Waals surface area contributed by atoms with Gasteiger partial charge in [-0.15, -0.1) is 0 Å². The summed E-state index contributed by atoms with van der Waals surface area (Å²) < 4.78 is 0. The number of anilines is 2. The van der Waals surface area contributed by atoms with Gasteiger partial charge in [-0.1, -0.05) is 84.9 Å². The van der Waals surface area contributed by atoms with E-state index >= 15 is 0 Å². The first kappa shape index (κ1) is 26.3. The summed E-state index contributed by atoms with van der Waals surface area (Å²) in [5, 5.41) is 0. The number of rotatable bonds is 6. The standard InChI is InChI=1S/C36H39N3O/c1-36(23-27-37(28-24-36)35(40)34-20-12-11-19-33(34)29-13-5-2-6-14-29)38-25-21-32(22-26-38)39(30-15-7-3-8-16-30)31-17-9-4-10-18-31/h2-20,32H,21-28H2,1H3. The van der Waals surface area contributed by atoms with E-state index in [0.717, 1.165) is 68.6 Å². The topological polar surface area (TPSA) is 26.8 Å². The SMILES string of the molecule is CC1(N2CCC(N(c3ccccc3)c3ccccc3)CC2)CCN(C(=O)c2ccccc2-c2ccccc2)CC1. The molecular formula is C36H39N3O. The normalized spacial score (nSPS) is 17.9. The van der Waals surface area contributed by atoms with Gasteiger partial charge in [-0.2, -0.15) is 0 Å². The predicted octanol–water partition coefficient (Wildman–Crippen LogP) is 7.65. The Morgan fingerprint density at radius 1 is 0.675 bits per heavy atom. The third-order valence-corrected chi connectivity index (χ3v) is 9.03. The van der Waals surface area contributed by atoms with E-state index in [-0.39, 0.29) is 11.4 Å². The van der Waals surface area contributed by atoms with E-state index in [1.165, 1.54) is 11.4 Å². The number of benzene rings is 4. The lowest BCUT2D eigenvalue weighted by Gasteiger charge is -2.50. The highest BCUT2D eigenvalue weighted by molar-refractivity contribution is 6.01. The van der Waals surface area contributed by atoms with Crippen LogP contribution in [0.3, 0.4) is 0 Å².